The first-order valence-corrected chi connectivity index (χ1v) is 5.58. The van der Waals surface area contributed by atoms with Crippen LogP contribution in [0.4, 0.5) is 4.79 Å². The topological polar surface area (TPSA) is 47.6 Å². The Morgan fingerprint density at radius 3 is 2.35 bits per heavy atom. The van der Waals surface area contributed by atoms with Gasteiger partial charge in [-0.15, -0.1) is 0 Å². The fourth-order valence-corrected chi connectivity index (χ4v) is 1.21. The maximum Gasteiger partial charge on any atom is 0.410 e. The number of nitrogens with one attached hydrogen (secondary N) is 1. The van der Waals surface area contributed by atoms with Gasteiger partial charge < -0.3 is 9.47 Å². The van der Waals surface area contributed by atoms with Crippen LogP contribution in [0, 0.1) is 0 Å². The predicted molar refractivity (Wildman–Crippen MR) is 65.9 cm³/mol. The van der Waals surface area contributed by atoms with E-state index in [0.29, 0.717) is 5.75 Å². The molecule has 17 heavy (non-hydrogen) atoms. The molecule has 1 amide bonds. The average Bonchev–Trinajstić information content (AvgIpc) is 2.15. The van der Waals surface area contributed by atoms with Gasteiger partial charge in [0, 0.05) is 0 Å². The average molecular weight is 237 g/mol. The third kappa shape index (κ3) is 5.80. The van der Waals surface area contributed by atoms with E-state index >= 15 is 0 Å². The Kier molecular flexibility index (Phi) is 4.37. The van der Waals surface area contributed by atoms with Gasteiger partial charge in [0.1, 0.15) is 11.4 Å². The molecule has 1 unspecified atom stereocenters. The molecule has 1 aromatic carbocycles. The molecule has 0 saturated heterocycles. The Morgan fingerprint density at radius 2 is 1.82 bits per heavy atom. The Labute approximate surface area is 102 Å². The number of hydrogen-bond donors (Lipinski definition) is 1. The van der Waals surface area contributed by atoms with E-state index in [9.17, 15) is 4.79 Å². The minimum atomic E-state index is -0.503. The minimum Gasteiger partial charge on any atom is -0.471 e. The van der Waals surface area contributed by atoms with E-state index in [2.05, 4.69) is 5.32 Å². The number of hydrogen-bond acceptors (Lipinski definition) is 3. The van der Waals surface area contributed by atoms with Crippen molar-refractivity contribution in [3.63, 3.8) is 0 Å². The largest absolute Gasteiger partial charge is 0.471 e. The van der Waals surface area contributed by atoms with Crippen LogP contribution in [0.3, 0.4) is 0 Å². The standard InChI is InChI=1S/C13H19NO3/c1-10(14-12(15)17-13(2,3)4)16-11-8-6-5-7-9-11/h5-10H,1-4H3,(H,14,15). The summed E-state index contributed by atoms with van der Waals surface area (Å²) in [6, 6.07) is 9.30. The van der Waals surface area contributed by atoms with Crippen molar-refractivity contribution in [2.75, 3.05) is 0 Å². The van der Waals surface area contributed by atoms with Gasteiger partial charge >= 0.3 is 6.09 Å². The summed E-state index contributed by atoms with van der Waals surface area (Å²) >= 11 is 0. The van der Waals surface area contributed by atoms with Crippen LogP contribution in [-0.2, 0) is 4.74 Å². The Hall–Kier alpha value is -1.71. The highest BCUT2D eigenvalue weighted by atomic mass is 16.6. The van der Waals surface area contributed by atoms with Crippen LogP contribution in [0.2, 0.25) is 0 Å². The summed E-state index contributed by atoms with van der Waals surface area (Å²) in [6.07, 6.45) is -0.923. The van der Waals surface area contributed by atoms with Gasteiger partial charge in [-0.25, -0.2) is 4.79 Å². The predicted octanol–water partition coefficient (Wildman–Crippen LogP) is 2.94. The molecule has 1 atom stereocenters. The van der Waals surface area contributed by atoms with Crippen LogP contribution < -0.4 is 10.1 Å². The van der Waals surface area contributed by atoms with E-state index in [1.54, 1.807) is 6.92 Å². The molecule has 0 fully saturated rings. The summed E-state index contributed by atoms with van der Waals surface area (Å²) in [5.74, 6) is 0.705. The van der Waals surface area contributed by atoms with Crippen LogP contribution in [0.25, 0.3) is 0 Å². The summed E-state index contributed by atoms with van der Waals surface area (Å²) in [6.45, 7) is 7.19. The number of benzene rings is 1. The van der Waals surface area contributed by atoms with Crippen molar-refractivity contribution in [3.8, 4) is 5.75 Å². The molecule has 0 aliphatic rings. The molecule has 0 aliphatic carbocycles. The second-order valence-electron chi connectivity index (χ2n) is 4.72. The van der Waals surface area contributed by atoms with Crippen LogP contribution >= 0.6 is 0 Å². The highest BCUT2D eigenvalue weighted by Gasteiger charge is 2.17. The summed E-state index contributed by atoms with van der Waals surface area (Å²) in [7, 11) is 0. The highest BCUT2D eigenvalue weighted by Crippen LogP contribution is 2.10. The second kappa shape index (κ2) is 5.57. The second-order valence-corrected chi connectivity index (χ2v) is 4.72. The molecule has 1 N–H and O–H groups in total. The summed E-state index contributed by atoms with van der Waals surface area (Å²) < 4.78 is 10.6. The van der Waals surface area contributed by atoms with Crippen molar-refractivity contribution >= 4 is 6.09 Å². The van der Waals surface area contributed by atoms with E-state index < -0.39 is 17.9 Å². The summed E-state index contributed by atoms with van der Waals surface area (Å²) in [4.78, 5) is 11.4. The smallest absolute Gasteiger partial charge is 0.410 e. The third-order valence-corrected chi connectivity index (χ3v) is 1.78. The van der Waals surface area contributed by atoms with E-state index in [4.69, 9.17) is 9.47 Å². The molecule has 0 aliphatic heterocycles. The molecule has 0 spiro atoms. The van der Waals surface area contributed by atoms with Gasteiger partial charge in [-0.1, -0.05) is 18.2 Å². The third-order valence-electron chi connectivity index (χ3n) is 1.78. The summed E-state index contributed by atoms with van der Waals surface area (Å²) in [5.41, 5.74) is -0.503. The zero-order valence-corrected chi connectivity index (χ0v) is 10.7. The molecule has 4 nitrogen and oxygen atoms in total. The van der Waals surface area contributed by atoms with Crippen LogP contribution in [0.1, 0.15) is 27.7 Å². The fraction of sp³-hybridized carbons (Fsp3) is 0.462. The van der Waals surface area contributed by atoms with Gasteiger partial charge in [0.2, 0.25) is 0 Å². The van der Waals surface area contributed by atoms with Crippen molar-refractivity contribution in [1.29, 1.82) is 0 Å². The Bertz CT molecular complexity index is 357. The van der Waals surface area contributed by atoms with Gasteiger partial charge in [0.15, 0.2) is 6.23 Å². The molecular weight excluding hydrogens is 218 g/mol. The van der Waals surface area contributed by atoms with Gasteiger partial charge in [0.05, 0.1) is 0 Å². The van der Waals surface area contributed by atoms with Gasteiger partial charge in [-0.05, 0) is 39.8 Å². The quantitative estimate of drug-likeness (QED) is 0.822. The molecule has 0 bridgehead atoms. The van der Waals surface area contributed by atoms with Crippen LogP contribution in [-0.4, -0.2) is 17.9 Å². The first-order chi connectivity index (χ1) is 7.87. The molecule has 1 rings (SSSR count). The van der Waals surface area contributed by atoms with Crippen molar-refractivity contribution in [2.24, 2.45) is 0 Å². The zero-order valence-electron chi connectivity index (χ0n) is 10.7. The molecule has 1 aromatic rings. The monoisotopic (exact) mass is 237 g/mol. The zero-order chi connectivity index (χ0) is 12.9. The molecule has 4 heteroatoms. The van der Waals surface area contributed by atoms with E-state index in [1.165, 1.54) is 0 Å². The van der Waals surface area contributed by atoms with Crippen molar-refractivity contribution in [1.82, 2.24) is 5.32 Å². The molecule has 94 valence electrons. The number of para-hydroxylation sites is 1. The lowest BCUT2D eigenvalue weighted by Gasteiger charge is -2.22. The summed E-state index contributed by atoms with van der Waals surface area (Å²) in [5, 5.41) is 2.60. The SMILES string of the molecule is CC(NC(=O)OC(C)(C)C)Oc1ccccc1. The first kappa shape index (κ1) is 13.4. The number of carbonyl (C=O) groups is 1. The number of rotatable bonds is 3. The lowest BCUT2D eigenvalue weighted by molar-refractivity contribution is 0.0414. The molecule has 0 saturated carbocycles. The lowest BCUT2D eigenvalue weighted by Crippen LogP contribution is -2.40. The Morgan fingerprint density at radius 1 is 1.24 bits per heavy atom. The lowest BCUT2D eigenvalue weighted by atomic mass is 10.2. The number of alkyl carbamates (subject to hydrolysis) is 1. The van der Waals surface area contributed by atoms with Crippen molar-refractivity contribution < 1.29 is 14.3 Å². The first-order valence-electron chi connectivity index (χ1n) is 5.58. The van der Waals surface area contributed by atoms with Crippen molar-refractivity contribution in [3.05, 3.63) is 30.3 Å². The molecule has 0 heterocycles. The van der Waals surface area contributed by atoms with E-state index in [1.807, 2.05) is 51.1 Å². The van der Waals surface area contributed by atoms with Gasteiger partial charge in [-0.3, -0.25) is 5.32 Å². The van der Waals surface area contributed by atoms with Crippen molar-refractivity contribution in [2.45, 2.75) is 39.5 Å². The van der Waals surface area contributed by atoms with E-state index in [-0.39, 0.29) is 0 Å². The minimum absolute atomic E-state index is 0.438. The molecule has 0 aromatic heterocycles. The van der Waals surface area contributed by atoms with E-state index in [0.717, 1.165) is 0 Å². The van der Waals surface area contributed by atoms with Gasteiger partial charge in [-0.2, -0.15) is 0 Å². The maximum absolute atomic E-state index is 11.4. The molecular formula is C13H19NO3. The fourth-order valence-electron chi connectivity index (χ4n) is 1.21. The Balaban J connectivity index is 2.40. The highest BCUT2D eigenvalue weighted by molar-refractivity contribution is 5.67. The number of carbonyl (C=O) groups excluding carboxylic acids is 1. The number of amides is 1. The van der Waals surface area contributed by atoms with Crippen LogP contribution in [0.15, 0.2) is 30.3 Å². The van der Waals surface area contributed by atoms with Crippen LogP contribution in [0.5, 0.6) is 5.75 Å². The number of ether oxygens (including phenoxy) is 2. The van der Waals surface area contributed by atoms with Gasteiger partial charge in [0.25, 0.3) is 0 Å². The maximum atomic E-state index is 11.4. The molecule has 0 radical (unpaired) electrons. The normalized spacial score (nSPS) is 12.7.